The predicted octanol–water partition coefficient (Wildman–Crippen LogP) is -0.961. The third-order valence-electron chi connectivity index (χ3n) is 6.73. The Hall–Kier alpha value is -3.72. The third-order valence-corrected chi connectivity index (χ3v) is 6.73. The van der Waals surface area contributed by atoms with E-state index < -0.39 is 73.3 Å². The Morgan fingerprint density at radius 3 is 1.18 bits per heavy atom. The van der Waals surface area contributed by atoms with Gasteiger partial charge < -0.3 is 48.2 Å². The van der Waals surface area contributed by atoms with E-state index in [0.717, 1.165) is 14.2 Å². The Bertz CT molecular complexity index is 1210. The van der Waals surface area contributed by atoms with Crippen LogP contribution in [0.3, 0.4) is 0 Å². The second-order valence-electron chi connectivity index (χ2n) is 8.27. The van der Waals surface area contributed by atoms with E-state index in [1.807, 2.05) is 0 Å². The molecular weight excluding hydrogens is 512 g/mol. The highest BCUT2D eigenvalue weighted by Gasteiger charge is 2.63. The summed E-state index contributed by atoms with van der Waals surface area (Å²) >= 11 is 0. The molecule has 0 aliphatic heterocycles. The van der Waals surface area contributed by atoms with E-state index in [0.29, 0.717) is 0 Å². The molecule has 2 aromatic rings. The maximum atomic E-state index is 13.1. The quantitative estimate of drug-likeness (QED) is 0.267. The van der Waals surface area contributed by atoms with Gasteiger partial charge in [-0.25, -0.2) is 9.59 Å². The van der Waals surface area contributed by atoms with Crippen LogP contribution in [0, 0.1) is 11.8 Å². The van der Waals surface area contributed by atoms with Gasteiger partial charge in [0.15, 0.2) is 0 Å². The van der Waals surface area contributed by atoms with Crippen molar-refractivity contribution < 1.29 is 57.8 Å². The summed E-state index contributed by atoms with van der Waals surface area (Å²) < 4.78 is 31.1. The number of aliphatic hydroxyl groups is 4. The standard InChI is InChI=1S/C24H28O14/c1-33-17-9(5-25)19(37-21(29)11(17)7-27)13-15(23(31)35-3)14(16(13)24(32)36-4)20-10(6-26)18(34-2)12(8-28)22(30)38-20/h13-16,25-28H,5-8H2,1-4H3. The van der Waals surface area contributed by atoms with E-state index >= 15 is 0 Å². The molecule has 0 radical (unpaired) electrons. The van der Waals surface area contributed by atoms with Crippen molar-refractivity contribution >= 4 is 11.9 Å². The van der Waals surface area contributed by atoms with Gasteiger partial charge in [-0.3, -0.25) is 9.59 Å². The number of ether oxygens (including phenoxy) is 4. The molecule has 4 N–H and O–H groups in total. The molecule has 14 nitrogen and oxygen atoms in total. The summed E-state index contributed by atoms with van der Waals surface area (Å²) in [6.07, 6.45) is 0. The van der Waals surface area contributed by atoms with Crippen LogP contribution in [-0.2, 0) is 45.5 Å². The van der Waals surface area contributed by atoms with Gasteiger partial charge >= 0.3 is 23.2 Å². The summed E-state index contributed by atoms with van der Waals surface area (Å²) in [5, 5.41) is 39.4. The van der Waals surface area contributed by atoms with Crippen LogP contribution < -0.4 is 20.7 Å². The van der Waals surface area contributed by atoms with E-state index in [-0.39, 0.29) is 45.3 Å². The van der Waals surface area contributed by atoms with Gasteiger partial charge in [0.05, 0.1) is 77.8 Å². The second-order valence-corrected chi connectivity index (χ2v) is 8.27. The summed E-state index contributed by atoms with van der Waals surface area (Å²) in [5.74, 6) is -8.14. The van der Waals surface area contributed by atoms with E-state index in [2.05, 4.69) is 0 Å². The van der Waals surface area contributed by atoms with Crippen molar-refractivity contribution in [2.45, 2.75) is 38.3 Å². The van der Waals surface area contributed by atoms with Crippen LogP contribution in [0.15, 0.2) is 18.4 Å². The first-order valence-corrected chi connectivity index (χ1v) is 11.2. The molecule has 3 rings (SSSR count). The lowest BCUT2D eigenvalue weighted by Gasteiger charge is -2.47. The van der Waals surface area contributed by atoms with Crippen molar-refractivity contribution in [3.05, 3.63) is 54.6 Å². The predicted molar refractivity (Wildman–Crippen MR) is 123 cm³/mol. The van der Waals surface area contributed by atoms with Crippen molar-refractivity contribution in [2.75, 3.05) is 28.4 Å². The molecule has 1 aliphatic carbocycles. The smallest absolute Gasteiger partial charge is 0.345 e. The molecule has 0 saturated heterocycles. The molecule has 38 heavy (non-hydrogen) atoms. The van der Waals surface area contributed by atoms with Crippen LogP contribution in [0.2, 0.25) is 0 Å². The SMILES string of the molecule is COC(=O)C1C(c2oc(=O)c(CO)c(OC)c2CO)C(C(=O)OC)C1c1oc(=O)c(CO)c(OC)c1CO. The van der Waals surface area contributed by atoms with Gasteiger partial charge in [-0.15, -0.1) is 0 Å². The van der Waals surface area contributed by atoms with Crippen molar-refractivity contribution in [3.8, 4) is 11.5 Å². The first-order chi connectivity index (χ1) is 18.2. The molecule has 0 amide bonds. The highest BCUT2D eigenvalue weighted by Crippen LogP contribution is 2.60. The maximum Gasteiger partial charge on any atom is 0.345 e. The summed E-state index contributed by atoms with van der Waals surface area (Å²) in [4.78, 5) is 51.4. The Morgan fingerprint density at radius 1 is 0.632 bits per heavy atom. The second kappa shape index (κ2) is 11.8. The normalized spacial score (nSPS) is 20.4. The zero-order valence-corrected chi connectivity index (χ0v) is 21.0. The van der Waals surface area contributed by atoms with Crippen LogP contribution in [0.1, 0.15) is 45.6 Å². The molecule has 0 unspecified atom stereocenters. The molecule has 1 aliphatic rings. The summed E-state index contributed by atoms with van der Waals surface area (Å²) in [6, 6.07) is 0. The van der Waals surface area contributed by atoms with Crippen LogP contribution >= 0.6 is 0 Å². The zero-order valence-electron chi connectivity index (χ0n) is 21.0. The molecular formula is C24H28O14. The topological polar surface area (TPSA) is 212 Å². The fourth-order valence-corrected chi connectivity index (χ4v) is 5.08. The number of aliphatic hydroxyl groups excluding tert-OH is 4. The molecule has 2 heterocycles. The molecule has 14 heteroatoms. The Morgan fingerprint density at radius 2 is 0.947 bits per heavy atom. The van der Waals surface area contributed by atoms with Gasteiger partial charge in [0.25, 0.3) is 0 Å². The van der Waals surface area contributed by atoms with Crippen molar-refractivity contribution in [3.63, 3.8) is 0 Å². The van der Waals surface area contributed by atoms with Gasteiger partial charge in [0, 0.05) is 11.8 Å². The minimum atomic E-state index is -1.36. The Kier molecular flexibility index (Phi) is 8.93. The molecule has 208 valence electrons. The van der Waals surface area contributed by atoms with Gasteiger partial charge in [0.2, 0.25) is 0 Å². The lowest BCUT2D eigenvalue weighted by atomic mass is 9.53. The minimum absolute atomic E-state index is 0.112. The fourth-order valence-electron chi connectivity index (χ4n) is 5.08. The molecule has 0 bridgehead atoms. The zero-order chi connectivity index (χ0) is 28.3. The van der Waals surface area contributed by atoms with Gasteiger partial charge in [0.1, 0.15) is 34.1 Å². The van der Waals surface area contributed by atoms with Crippen molar-refractivity contribution in [1.82, 2.24) is 0 Å². The van der Waals surface area contributed by atoms with Crippen LogP contribution in [0.25, 0.3) is 0 Å². The summed E-state index contributed by atoms with van der Waals surface area (Å²) in [7, 11) is 4.51. The highest BCUT2D eigenvalue weighted by atomic mass is 16.5. The molecule has 1 saturated carbocycles. The lowest BCUT2D eigenvalue weighted by molar-refractivity contribution is -0.166. The van der Waals surface area contributed by atoms with Gasteiger partial charge in [-0.2, -0.15) is 0 Å². The number of rotatable bonds is 10. The van der Waals surface area contributed by atoms with E-state index in [1.165, 1.54) is 14.2 Å². The number of carbonyl (C=O) groups is 2. The van der Waals surface area contributed by atoms with Crippen LogP contribution in [0.4, 0.5) is 0 Å². The molecule has 0 atom stereocenters. The molecule has 0 aromatic carbocycles. The third kappa shape index (κ3) is 4.45. The first kappa shape index (κ1) is 28.8. The number of hydrogen-bond donors (Lipinski definition) is 4. The fraction of sp³-hybridized carbons (Fsp3) is 0.500. The number of hydrogen-bond acceptors (Lipinski definition) is 14. The molecule has 2 aromatic heterocycles. The monoisotopic (exact) mass is 540 g/mol. The van der Waals surface area contributed by atoms with E-state index in [9.17, 15) is 39.6 Å². The van der Waals surface area contributed by atoms with Gasteiger partial charge in [-0.05, 0) is 0 Å². The maximum absolute atomic E-state index is 13.1. The largest absolute Gasteiger partial charge is 0.496 e. The van der Waals surface area contributed by atoms with Crippen LogP contribution in [0.5, 0.6) is 11.5 Å². The Balaban J connectivity index is 2.38. The van der Waals surface area contributed by atoms with Crippen LogP contribution in [-0.4, -0.2) is 60.8 Å². The first-order valence-electron chi connectivity index (χ1n) is 11.2. The number of carbonyl (C=O) groups excluding carboxylic acids is 2. The highest BCUT2D eigenvalue weighted by molar-refractivity contribution is 5.85. The average molecular weight is 540 g/mol. The minimum Gasteiger partial charge on any atom is -0.496 e. The molecule has 1 fully saturated rings. The van der Waals surface area contributed by atoms with E-state index in [4.69, 9.17) is 27.8 Å². The summed E-state index contributed by atoms with van der Waals surface area (Å²) in [6.45, 7) is -3.10. The molecule has 0 spiro atoms. The average Bonchev–Trinajstić information content (AvgIpc) is 2.91. The number of methoxy groups -OCH3 is 4. The van der Waals surface area contributed by atoms with Crippen molar-refractivity contribution in [2.24, 2.45) is 11.8 Å². The number of esters is 2. The van der Waals surface area contributed by atoms with Crippen molar-refractivity contribution in [1.29, 1.82) is 0 Å². The van der Waals surface area contributed by atoms with Gasteiger partial charge in [-0.1, -0.05) is 0 Å². The van der Waals surface area contributed by atoms with E-state index in [1.54, 1.807) is 0 Å². The Labute approximate surface area is 214 Å². The lowest BCUT2D eigenvalue weighted by Crippen LogP contribution is -2.52. The summed E-state index contributed by atoms with van der Waals surface area (Å²) in [5.41, 5.74) is -2.89.